The zero-order valence-corrected chi connectivity index (χ0v) is 23.7. The fraction of sp³-hybridized carbons (Fsp3) is 0.414. The number of benzene rings is 2. The number of carboxylic acid groups (broad SMARTS) is 1. The standard InChI is InChI=1S/C19H25NO6.C10H10O5/c1-13(21)26-16-12-14(8-9-15(16)24-2)17(22)20-19(18(23)25-3)10-6-4-5-7-11-19;1-6(11)15-9-5-7(10(12)13)3-4-8(9)14-2/h8-9,12H,4-7,10-11H2,1-3H3,(H,20,22);3-5H,1-2H3,(H,12,13). The zero-order chi connectivity index (χ0) is 30.6. The van der Waals surface area contributed by atoms with Crippen LogP contribution in [0.4, 0.5) is 0 Å². The Morgan fingerprint density at radius 3 is 1.59 bits per heavy atom. The Morgan fingerprint density at radius 2 is 1.17 bits per heavy atom. The van der Waals surface area contributed by atoms with Crippen molar-refractivity contribution in [3.05, 3.63) is 47.5 Å². The van der Waals surface area contributed by atoms with Gasteiger partial charge in [-0.15, -0.1) is 0 Å². The van der Waals surface area contributed by atoms with Crippen molar-refractivity contribution in [1.29, 1.82) is 0 Å². The largest absolute Gasteiger partial charge is 0.493 e. The molecule has 1 saturated carbocycles. The van der Waals surface area contributed by atoms with E-state index >= 15 is 0 Å². The van der Waals surface area contributed by atoms with Crippen molar-refractivity contribution in [2.45, 2.75) is 57.9 Å². The topological polar surface area (TPSA) is 164 Å². The van der Waals surface area contributed by atoms with Crippen molar-refractivity contribution in [2.75, 3.05) is 21.3 Å². The lowest BCUT2D eigenvalue weighted by Gasteiger charge is -2.31. The third-order valence-corrected chi connectivity index (χ3v) is 6.23. The second-order valence-corrected chi connectivity index (χ2v) is 9.17. The van der Waals surface area contributed by atoms with Gasteiger partial charge in [0.1, 0.15) is 5.54 Å². The van der Waals surface area contributed by atoms with Crippen LogP contribution in [0.5, 0.6) is 23.0 Å². The summed E-state index contributed by atoms with van der Waals surface area (Å²) >= 11 is 0. The maximum Gasteiger partial charge on any atom is 0.335 e. The molecule has 222 valence electrons. The number of amides is 1. The number of methoxy groups -OCH3 is 3. The van der Waals surface area contributed by atoms with Crippen LogP contribution in [0.1, 0.15) is 73.1 Å². The third-order valence-electron chi connectivity index (χ3n) is 6.23. The summed E-state index contributed by atoms with van der Waals surface area (Å²) in [6.45, 7) is 2.50. The van der Waals surface area contributed by atoms with E-state index in [1.807, 2.05) is 0 Å². The van der Waals surface area contributed by atoms with E-state index < -0.39 is 35.3 Å². The first-order valence-electron chi connectivity index (χ1n) is 12.8. The average Bonchev–Trinajstić information content (AvgIpc) is 3.18. The van der Waals surface area contributed by atoms with Gasteiger partial charge in [-0.25, -0.2) is 9.59 Å². The minimum absolute atomic E-state index is 0.0343. The van der Waals surface area contributed by atoms with Crippen molar-refractivity contribution in [3.8, 4) is 23.0 Å². The summed E-state index contributed by atoms with van der Waals surface area (Å²) in [5.41, 5.74) is -0.717. The summed E-state index contributed by atoms with van der Waals surface area (Å²) in [6.07, 6.45) is 4.81. The highest BCUT2D eigenvalue weighted by atomic mass is 16.6. The fourth-order valence-corrected chi connectivity index (χ4v) is 4.29. The van der Waals surface area contributed by atoms with Gasteiger partial charge in [0.2, 0.25) is 0 Å². The monoisotopic (exact) mass is 573 g/mol. The number of nitrogens with one attached hydrogen (secondary N) is 1. The summed E-state index contributed by atoms with van der Waals surface area (Å²) < 4.78 is 24.9. The smallest absolute Gasteiger partial charge is 0.335 e. The number of rotatable bonds is 8. The first-order valence-corrected chi connectivity index (χ1v) is 12.8. The molecule has 1 aliphatic rings. The molecule has 1 fully saturated rings. The Hall–Kier alpha value is -4.61. The van der Waals surface area contributed by atoms with Crippen LogP contribution in [-0.4, -0.2) is 61.8 Å². The average molecular weight is 574 g/mol. The molecule has 0 radical (unpaired) electrons. The number of hydrogen-bond acceptors (Lipinski definition) is 10. The first-order chi connectivity index (χ1) is 19.5. The van der Waals surface area contributed by atoms with Crippen molar-refractivity contribution in [3.63, 3.8) is 0 Å². The SMILES string of the molecule is COC(=O)C1(NC(=O)c2ccc(OC)c(OC(C)=O)c2)CCCCCC1.COc1ccc(C(=O)O)cc1OC(C)=O. The normalized spacial score (nSPS) is 13.7. The van der Waals surface area contributed by atoms with Gasteiger partial charge >= 0.3 is 23.9 Å². The lowest BCUT2D eigenvalue weighted by Crippen LogP contribution is -2.54. The molecule has 41 heavy (non-hydrogen) atoms. The number of hydrogen-bond donors (Lipinski definition) is 2. The highest BCUT2D eigenvalue weighted by Gasteiger charge is 2.41. The van der Waals surface area contributed by atoms with Crippen LogP contribution in [0.3, 0.4) is 0 Å². The molecule has 0 spiro atoms. The van der Waals surface area contributed by atoms with E-state index in [2.05, 4.69) is 5.32 Å². The Kier molecular flexibility index (Phi) is 12.1. The quantitative estimate of drug-likeness (QED) is 0.267. The highest BCUT2D eigenvalue weighted by Crippen LogP contribution is 2.31. The maximum absolute atomic E-state index is 12.8. The first kappa shape index (κ1) is 32.6. The molecule has 0 heterocycles. The molecular weight excluding hydrogens is 538 g/mol. The molecule has 2 aromatic carbocycles. The molecule has 2 N–H and O–H groups in total. The van der Waals surface area contributed by atoms with Crippen molar-refractivity contribution in [2.24, 2.45) is 0 Å². The molecule has 0 unspecified atom stereocenters. The van der Waals surface area contributed by atoms with E-state index in [9.17, 15) is 24.0 Å². The number of carbonyl (C=O) groups is 5. The predicted molar refractivity (Wildman–Crippen MR) is 145 cm³/mol. The van der Waals surface area contributed by atoms with Gasteiger partial charge in [-0.3, -0.25) is 14.4 Å². The lowest BCUT2D eigenvalue weighted by molar-refractivity contribution is -0.149. The van der Waals surface area contributed by atoms with Crippen LogP contribution in [0.15, 0.2) is 36.4 Å². The van der Waals surface area contributed by atoms with E-state index in [0.29, 0.717) is 24.3 Å². The highest BCUT2D eigenvalue weighted by molar-refractivity contribution is 5.98. The number of esters is 3. The fourth-order valence-electron chi connectivity index (χ4n) is 4.29. The second kappa shape index (κ2) is 15.2. The van der Waals surface area contributed by atoms with Gasteiger partial charge in [0, 0.05) is 19.4 Å². The van der Waals surface area contributed by atoms with E-state index in [4.69, 9.17) is 28.8 Å². The van der Waals surface area contributed by atoms with Crippen LogP contribution < -0.4 is 24.3 Å². The molecule has 1 amide bonds. The van der Waals surface area contributed by atoms with Crippen LogP contribution in [0.2, 0.25) is 0 Å². The van der Waals surface area contributed by atoms with Crippen molar-refractivity contribution >= 4 is 29.8 Å². The molecule has 0 aliphatic heterocycles. The van der Waals surface area contributed by atoms with Gasteiger partial charge in [0.05, 0.1) is 26.9 Å². The van der Waals surface area contributed by atoms with Crippen molar-refractivity contribution in [1.82, 2.24) is 5.32 Å². The molecule has 12 nitrogen and oxygen atoms in total. The molecule has 0 saturated heterocycles. The summed E-state index contributed by atoms with van der Waals surface area (Å²) in [7, 11) is 4.18. The van der Waals surface area contributed by atoms with Gasteiger partial charge in [-0.1, -0.05) is 25.7 Å². The minimum Gasteiger partial charge on any atom is -0.493 e. The maximum atomic E-state index is 12.8. The predicted octanol–water partition coefficient (Wildman–Crippen LogP) is 3.94. The van der Waals surface area contributed by atoms with Crippen LogP contribution in [0.25, 0.3) is 0 Å². The van der Waals surface area contributed by atoms with Gasteiger partial charge in [0.25, 0.3) is 5.91 Å². The minimum atomic E-state index is -1.09. The van der Waals surface area contributed by atoms with Crippen molar-refractivity contribution < 1.29 is 52.8 Å². The Balaban J connectivity index is 0.000000333. The van der Waals surface area contributed by atoms with E-state index in [1.54, 1.807) is 12.1 Å². The van der Waals surface area contributed by atoms with Crippen LogP contribution in [0, 0.1) is 0 Å². The van der Waals surface area contributed by atoms with Gasteiger partial charge in [0.15, 0.2) is 23.0 Å². The molecule has 2 aromatic rings. The zero-order valence-electron chi connectivity index (χ0n) is 23.7. The Morgan fingerprint density at radius 1 is 0.707 bits per heavy atom. The Bertz CT molecular complexity index is 1260. The number of carbonyl (C=O) groups excluding carboxylic acids is 4. The molecule has 12 heteroatoms. The molecule has 0 bridgehead atoms. The van der Waals surface area contributed by atoms with Gasteiger partial charge in [-0.05, 0) is 49.2 Å². The van der Waals surface area contributed by atoms with Crippen LogP contribution >= 0.6 is 0 Å². The van der Waals surface area contributed by atoms with Gasteiger partial charge < -0.3 is 34.1 Å². The summed E-state index contributed by atoms with van der Waals surface area (Å²) in [5.74, 6) is -2.08. The van der Waals surface area contributed by atoms with E-state index in [-0.39, 0.29) is 22.6 Å². The molecule has 1 aliphatic carbocycles. The summed E-state index contributed by atoms with van der Waals surface area (Å²) in [4.78, 5) is 57.8. The second-order valence-electron chi connectivity index (χ2n) is 9.17. The molecule has 0 aromatic heterocycles. The number of aromatic carboxylic acids is 1. The molecule has 3 rings (SSSR count). The number of ether oxygens (including phenoxy) is 5. The summed E-state index contributed by atoms with van der Waals surface area (Å²) in [6, 6.07) is 8.57. The van der Waals surface area contributed by atoms with E-state index in [0.717, 1.165) is 25.7 Å². The number of carboxylic acids is 1. The van der Waals surface area contributed by atoms with Crippen LogP contribution in [-0.2, 0) is 19.1 Å². The van der Waals surface area contributed by atoms with E-state index in [1.165, 1.54) is 59.4 Å². The summed E-state index contributed by atoms with van der Waals surface area (Å²) in [5, 5.41) is 11.6. The molecular formula is C29H35NO11. The third kappa shape index (κ3) is 9.23. The molecule has 0 atom stereocenters. The van der Waals surface area contributed by atoms with Gasteiger partial charge in [-0.2, -0.15) is 0 Å². The Labute approximate surface area is 237 Å². The lowest BCUT2D eigenvalue weighted by atomic mass is 9.89.